The molecule has 1 unspecified atom stereocenters. The molecule has 7 heteroatoms. The molecule has 6 nitrogen and oxygen atoms in total. The number of hydrogen-bond donors (Lipinski definition) is 3. The summed E-state index contributed by atoms with van der Waals surface area (Å²) >= 11 is 0. The normalized spacial score (nSPS) is 12.1. The molecule has 0 fully saturated rings. The summed E-state index contributed by atoms with van der Waals surface area (Å²) < 4.78 is 13.4. The van der Waals surface area contributed by atoms with Gasteiger partial charge in [-0.05, 0) is 42.7 Å². The number of aromatic nitrogens is 2. The Morgan fingerprint density at radius 1 is 1.15 bits per heavy atom. The van der Waals surface area contributed by atoms with E-state index >= 15 is 0 Å². The minimum atomic E-state index is -0.769. The first-order valence-electron chi connectivity index (χ1n) is 8.74. The number of rotatable bonds is 6. The fourth-order valence-electron chi connectivity index (χ4n) is 2.79. The van der Waals surface area contributed by atoms with Crippen LogP contribution in [0.5, 0.6) is 0 Å². The lowest BCUT2D eigenvalue weighted by Crippen LogP contribution is -2.44. The number of nitrogens with one attached hydrogen (secondary N) is 3. The van der Waals surface area contributed by atoms with Gasteiger partial charge in [0.2, 0.25) is 11.9 Å². The van der Waals surface area contributed by atoms with E-state index in [0.29, 0.717) is 12.4 Å². The smallest absolute Gasteiger partial charge is 0.252 e. The van der Waals surface area contributed by atoms with Gasteiger partial charge in [0.1, 0.15) is 11.9 Å². The summed E-state index contributed by atoms with van der Waals surface area (Å²) in [5, 5.41) is 5.40. The number of fused-ring (bicyclic) bond motifs is 1. The maximum Gasteiger partial charge on any atom is 0.252 e. The second-order valence-corrected chi connectivity index (χ2v) is 6.76. The van der Waals surface area contributed by atoms with Crippen LogP contribution >= 0.6 is 0 Å². The molecule has 0 aliphatic rings. The second kappa shape index (κ2) is 7.99. The van der Waals surface area contributed by atoms with Crippen molar-refractivity contribution in [3.05, 3.63) is 59.9 Å². The number of benzene rings is 2. The van der Waals surface area contributed by atoms with Gasteiger partial charge in [-0.1, -0.05) is 32.0 Å². The Morgan fingerprint density at radius 3 is 2.63 bits per heavy atom. The van der Waals surface area contributed by atoms with Gasteiger partial charge in [0.25, 0.3) is 5.91 Å². The molecule has 140 valence electrons. The zero-order valence-electron chi connectivity index (χ0n) is 15.1. The molecule has 3 N–H and O–H groups in total. The SMILES string of the molecule is CC(C)CC(NC(=O)c1cccc(F)c1)C(=O)Nc1nc2ccccc2[nH]1. The van der Waals surface area contributed by atoms with Gasteiger partial charge in [-0.15, -0.1) is 0 Å². The van der Waals surface area contributed by atoms with E-state index in [-0.39, 0.29) is 17.4 Å². The summed E-state index contributed by atoms with van der Waals surface area (Å²) in [7, 11) is 0. The molecule has 0 spiro atoms. The van der Waals surface area contributed by atoms with Crippen LogP contribution in [0.2, 0.25) is 0 Å². The molecule has 27 heavy (non-hydrogen) atoms. The third-order valence-corrected chi connectivity index (χ3v) is 4.05. The van der Waals surface area contributed by atoms with E-state index < -0.39 is 17.8 Å². The van der Waals surface area contributed by atoms with Crippen molar-refractivity contribution in [1.82, 2.24) is 15.3 Å². The van der Waals surface area contributed by atoms with Crippen LogP contribution < -0.4 is 10.6 Å². The molecule has 0 bridgehead atoms. The van der Waals surface area contributed by atoms with Crippen molar-refractivity contribution in [1.29, 1.82) is 0 Å². The first-order chi connectivity index (χ1) is 12.9. The van der Waals surface area contributed by atoms with Crippen molar-refractivity contribution in [2.24, 2.45) is 5.92 Å². The van der Waals surface area contributed by atoms with Crippen LogP contribution in [0.25, 0.3) is 11.0 Å². The molecule has 1 aromatic heterocycles. The van der Waals surface area contributed by atoms with Gasteiger partial charge in [0.05, 0.1) is 11.0 Å². The van der Waals surface area contributed by atoms with Gasteiger partial charge in [-0.2, -0.15) is 0 Å². The van der Waals surface area contributed by atoms with Crippen molar-refractivity contribution >= 4 is 28.8 Å². The monoisotopic (exact) mass is 368 g/mol. The molecule has 1 heterocycles. The maximum atomic E-state index is 13.4. The van der Waals surface area contributed by atoms with Gasteiger partial charge in [0.15, 0.2) is 0 Å². The molecular weight excluding hydrogens is 347 g/mol. The average molecular weight is 368 g/mol. The molecular formula is C20H21FN4O2. The molecule has 3 rings (SSSR count). The molecule has 0 radical (unpaired) electrons. The Labute approximate surface area is 156 Å². The third kappa shape index (κ3) is 4.69. The second-order valence-electron chi connectivity index (χ2n) is 6.76. The lowest BCUT2D eigenvalue weighted by Gasteiger charge is -2.19. The van der Waals surface area contributed by atoms with Gasteiger partial charge < -0.3 is 10.3 Å². The lowest BCUT2D eigenvalue weighted by atomic mass is 10.0. The summed E-state index contributed by atoms with van der Waals surface area (Å²) in [6.45, 7) is 3.91. The fraction of sp³-hybridized carbons (Fsp3) is 0.250. The molecule has 0 aliphatic heterocycles. The Morgan fingerprint density at radius 2 is 1.93 bits per heavy atom. The number of carbonyl (C=O) groups excluding carboxylic acids is 2. The summed E-state index contributed by atoms with van der Waals surface area (Å²) in [6, 6.07) is 12.0. The number of anilines is 1. The van der Waals surface area contributed by atoms with Crippen molar-refractivity contribution in [2.75, 3.05) is 5.32 Å². The zero-order chi connectivity index (χ0) is 19.4. The van der Waals surface area contributed by atoms with Crippen LogP contribution in [0.3, 0.4) is 0 Å². The average Bonchev–Trinajstić information content (AvgIpc) is 3.02. The van der Waals surface area contributed by atoms with Gasteiger partial charge in [-0.3, -0.25) is 14.9 Å². The molecule has 0 saturated carbocycles. The molecule has 2 aromatic carbocycles. The number of halogens is 1. The zero-order valence-corrected chi connectivity index (χ0v) is 15.1. The van der Waals surface area contributed by atoms with Gasteiger partial charge in [-0.25, -0.2) is 9.37 Å². The molecule has 0 aliphatic carbocycles. The Balaban J connectivity index is 1.74. The largest absolute Gasteiger partial charge is 0.340 e. The number of amides is 2. The Hall–Kier alpha value is -3.22. The van der Waals surface area contributed by atoms with Crippen LogP contribution in [0.15, 0.2) is 48.5 Å². The number of nitrogens with zero attached hydrogens (tertiary/aromatic N) is 1. The molecule has 3 aromatic rings. The van der Waals surface area contributed by atoms with Crippen LogP contribution in [0.1, 0.15) is 30.6 Å². The number of H-pyrrole nitrogens is 1. The van der Waals surface area contributed by atoms with Gasteiger partial charge >= 0.3 is 0 Å². The number of para-hydroxylation sites is 2. The topological polar surface area (TPSA) is 86.9 Å². The predicted octanol–water partition coefficient (Wildman–Crippen LogP) is 3.49. The van der Waals surface area contributed by atoms with Crippen molar-refractivity contribution < 1.29 is 14.0 Å². The fourth-order valence-corrected chi connectivity index (χ4v) is 2.79. The Kier molecular flexibility index (Phi) is 5.49. The summed E-state index contributed by atoms with van der Waals surface area (Å²) in [5.41, 5.74) is 1.70. The molecule has 2 amide bonds. The highest BCUT2D eigenvalue weighted by molar-refractivity contribution is 6.01. The highest BCUT2D eigenvalue weighted by Gasteiger charge is 2.23. The van der Waals surface area contributed by atoms with E-state index in [1.807, 2.05) is 38.1 Å². The minimum absolute atomic E-state index is 0.167. The summed E-state index contributed by atoms with van der Waals surface area (Å²) in [4.78, 5) is 32.4. The molecule has 0 saturated heterocycles. The summed E-state index contributed by atoms with van der Waals surface area (Å²) in [6.07, 6.45) is 0.438. The quantitative estimate of drug-likeness (QED) is 0.622. The van der Waals surface area contributed by atoms with Crippen LogP contribution in [0.4, 0.5) is 10.3 Å². The number of aromatic amines is 1. The van der Waals surface area contributed by atoms with E-state index in [1.165, 1.54) is 18.2 Å². The van der Waals surface area contributed by atoms with Crippen molar-refractivity contribution in [3.63, 3.8) is 0 Å². The van der Waals surface area contributed by atoms with Crippen LogP contribution in [-0.2, 0) is 4.79 Å². The third-order valence-electron chi connectivity index (χ3n) is 4.05. The highest BCUT2D eigenvalue weighted by Crippen LogP contribution is 2.15. The van der Waals surface area contributed by atoms with E-state index in [4.69, 9.17) is 0 Å². The van der Waals surface area contributed by atoms with E-state index in [0.717, 1.165) is 17.1 Å². The summed E-state index contributed by atoms with van der Waals surface area (Å²) in [5.74, 6) is -0.901. The molecule has 1 atom stereocenters. The van der Waals surface area contributed by atoms with E-state index in [2.05, 4.69) is 20.6 Å². The Bertz CT molecular complexity index is 934. The lowest BCUT2D eigenvalue weighted by molar-refractivity contribution is -0.118. The number of imidazole rings is 1. The predicted molar refractivity (Wildman–Crippen MR) is 102 cm³/mol. The highest BCUT2D eigenvalue weighted by atomic mass is 19.1. The standard InChI is InChI=1S/C20H21FN4O2/c1-12(2)10-17(22-18(26)13-6-5-7-14(21)11-13)19(27)25-20-23-15-8-3-4-9-16(15)24-20/h3-9,11-12,17H,10H2,1-2H3,(H,22,26)(H2,23,24,25,27). The van der Waals surface area contributed by atoms with Crippen LogP contribution in [-0.4, -0.2) is 27.8 Å². The van der Waals surface area contributed by atoms with Crippen LogP contribution in [0, 0.1) is 11.7 Å². The van der Waals surface area contributed by atoms with Crippen molar-refractivity contribution in [2.45, 2.75) is 26.3 Å². The van der Waals surface area contributed by atoms with E-state index in [1.54, 1.807) is 0 Å². The number of hydrogen-bond acceptors (Lipinski definition) is 3. The number of carbonyl (C=O) groups is 2. The maximum absolute atomic E-state index is 13.4. The first kappa shape index (κ1) is 18.6. The van der Waals surface area contributed by atoms with Gasteiger partial charge in [0, 0.05) is 5.56 Å². The minimum Gasteiger partial charge on any atom is -0.340 e. The van der Waals surface area contributed by atoms with Crippen molar-refractivity contribution in [3.8, 4) is 0 Å². The first-order valence-corrected chi connectivity index (χ1v) is 8.74. The van der Waals surface area contributed by atoms with E-state index in [9.17, 15) is 14.0 Å².